The number of allylic oxidation sites excluding steroid dienone is 2. The summed E-state index contributed by atoms with van der Waals surface area (Å²) in [6.45, 7) is 5.00. The van der Waals surface area contributed by atoms with Gasteiger partial charge in [0.1, 0.15) is 0 Å². The number of carbonyl (C=O) groups is 2. The lowest BCUT2D eigenvalue weighted by Crippen LogP contribution is -2.45. The van der Waals surface area contributed by atoms with Crippen molar-refractivity contribution in [3.63, 3.8) is 0 Å². The second-order valence-electron chi connectivity index (χ2n) is 27.0. The number of aliphatic hydroxyl groups excluding tert-OH is 2. The minimum Gasteiger partial charge on any atom is -0.466 e. The summed E-state index contributed by atoms with van der Waals surface area (Å²) in [5.74, 6) is -0.00465. The molecule has 0 saturated heterocycles. The third kappa shape index (κ3) is 69.7. The van der Waals surface area contributed by atoms with Crippen molar-refractivity contribution in [2.75, 3.05) is 13.2 Å². The maximum atomic E-state index is 12.5. The number of aliphatic hydroxyl groups is 2. The summed E-state index contributed by atoms with van der Waals surface area (Å²) in [6.07, 6.45) is 93.0. The molecule has 0 bridgehead atoms. The minimum absolute atomic E-state index is 0.0215. The fourth-order valence-corrected chi connectivity index (χ4v) is 12.6. The summed E-state index contributed by atoms with van der Waals surface area (Å²) >= 11 is 0. The Kier molecular flexibility index (Phi) is 72.8. The summed E-state index contributed by atoms with van der Waals surface area (Å²) in [7, 11) is 0. The van der Waals surface area contributed by atoms with Gasteiger partial charge in [-0.1, -0.05) is 398 Å². The second-order valence-corrected chi connectivity index (χ2v) is 27.0. The first kappa shape index (κ1) is 82.6. The van der Waals surface area contributed by atoms with E-state index in [0.29, 0.717) is 25.9 Å². The quantitative estimate of drug-likeness (QED) is 0.0320. The topological polar surface area (TPSA) is 95.9 Å². The van der Waals surface area contributed by atoms with Gasteiger partial charge in [-0.2, -0.15) is 0 Å². The molecule has 6 heteroatoms. The molecular formula is C78H153NO5. The van der Waals surface area contributed by atoms with Crippen LogP contribution in [0.3, 0.4) is 0 Å². The van der Waals surface area contributed by atoms with Crippen LogP contribution in [0.2, 0.25) is 0 Å². The average Bonchev–Trinajstić information content (AvgIpc) is 3.51. The Morgan fingerprint density at radius 2 is 0.560 bits per heavy atom. The lowest BCUT2D eigenvalue weighted by Gasteiger charge is -2.22. The van der Waals surface area contributed by atoms with Crippen molar-refractivity contribution in [2.24, 2.45) is 0 Å². The molecule has 0 aliphatic heterocycles. The number of hydrogen-bond donors (Lipinski definition) is 3. The van der Waals surface area contributed by atoms with Gasteiger partial charge in [0.05, 0.1) is 25.4 Å². The van der Waals surface area contributed by atoms with E-state index in [-0.39, 0.29) is 18.5 Å². The van der Waals surface area contributed by atoms with E-state index in [1.165, 1.54) is 379 Å². The highest BCUT2D eigenvalue weighted by atomic mass is 16.5. The standard InChI is InChI=1S/C78H153NO5/c1-3-5-7-9-11-13-15-17-19-21-35-40-44-48-52-56-60-64-68-72-78(83)84-73-69-65-61-57-53-49-45-41-37-34-32-30-28-26-24-22-23-25-27-29-31-33-36-39-43-47-51-55-59-63-67-71-77(82)79-75(74-80)76(81)70-66-62-58-54-50-46-42-38-20-18-16-14-12-10-8-6-4-2/h17,19,75-76,80-81H,3-16,18,20-74H2,1-2H3,(H,79,82)/b19-17-. The van der Waals surface area contributed by atoms with Gasteiger partial charge in [-0.15, -0.1) is 0 Å². The first-order valence-electron chi connectivity index (χ1n) is 38.9. The third-order valence-corrected chi connectivity index (χ3v) is 18.6. The Hall–Kier alpha value is -1.40. The molecular weight excluding hydrogens is 1030 g/mol. The Labute approximate surface area is 527 Å². The van der Waals surface area contributed by atoms with Gasteiger partial charge in [-0.3, -0.25) is 9.59 Å². The smallest absolute Gasteiger partial charge is 0.305 e. The fraction of sp³-hybridized carbons (Fsp3) is 0.949. The zero-order valence-corrected chi connectivity index (χ0v) is 57.4. The van der Waals surface area contributed by atoms with E-state index >= 15 is 0 Å². The van der Waals surface area contributed by atoms with Crippen molar-refractivity contribution in [3.05, 3.63) is 12.2 Å². The molecule has 0 aromatic rings. The fourth-order valence-electron chi connectivity index (χ4n) is 12.6. The van der Waals surface area contributed by atoms with Crippen LogP contribution in [0, 0.1) is 0 Å². The van der Waals surface area contributed by atoms with Gasteiger partial charge in [0.25, 0.3) is 0 Å². The van der Waals surface area contributed by atoms with Crippen molar-refractivity contribution in [1.29, 1.82) is 0 Å². The van der Waals surface area contributed by atoms with Crippen LogP contribution in [-0.2, 0) is 14.3 Å². The number of nitrogens with one attached hydrogen (secondary N) is 1. The van der Waals surface area contributed by atoms with Crippen molar-refractivity contribution in [2.45, 2.75) is 463 Å². The van der Waals surface area contributed by atoms with Gasteiger partial charge in [0.2, 0.25) is 5.91 Å². The van der Waals surface area contributed by atoms with Gasteiger partial charge in [0.15, 0.2) is 0 Å². The summed E-state index contributed by atoms with van der Waals surface area (Å²) in [6, 6.07) is -0.538. The predicted octanol–water partition coefficient (Wildman–Crippen LogP) is 25.5. The SMILES string of the molecule is CCCCCCCC/C=C\CCCCCCCCCCCC(=O)OCCCCCCCCCCCCCCCCCCCCCCCCCCCCCCCCCC(=O)NC(CO)C(O)CCCCCCCCCCCCCCCCCCC. The van der Waals surface area contributed by atoms with Crippen LogP contribution >= 0.6 is 0 Å². The van der Waals surface area contributed by atoms with Crippen molar-refractivity contribution >= 4 is 11.9 Å². The van der Waals surface area contributed by atoms with E-state index < -0.39 is 12.1 Å². The maximum Gasteiger partial charge on any atom is 0.305 e. The molecule has 2 atom stereocenters. The summed E-state index contributed by atoms with van der Waals surface area (Å²) in [4.78, 5) is 24.7. The molecule has 0 fully saturated rings. The van der Waals surface area contributed by atoms with Crippen LogP contribution in [0.15, 0.2) is 12.2 Å². The Balaban J connectivity index is 3.31. The Bertz CT molecular complexity index is 1270. The molecule has 0 aliphatic rings. The van der Waals surface area contributed by atoms with Crippen LogP contribution in [0.25, 0.3) is 0 Å². The van der Waals surface area contributed by atoms with Crippen LogP contribution in [0.1, 0.15) is 450 Å². The number of carbonyl (C=O) groups excluding carboxylic acids is 2. The largest absolute Gasteiger partial charge is 0.466 e. The number of unbranched alkanes of at least 4 members (excludes halogenated alkanes) is 61. The van der Waals surface area contributed by atoms with Gasteiger partial charge in [-0.05, 0) is 51.4 Å². The van der Waals surface area contributed by atoms with E-state index in [4.69, 9.17) is 4.74 Å². The molecule has 2 unspecified atom stereocenters. The van der Waals surface area contributed by atoms with E-state index in [1.807, 2.05) is 0 Å². The molecule has 0 saturated carbocycles. The number of ether oxygens (including phenoxy) is 1. The molecule has 0 radical (unpaired) electrons. The molecule has 84 heavy (non-hydrogen) atoms. The molecule has 0 aromatic carbocycles. The number of hydrogen-bond acceptors (Lipinski definition) is 5. The Morgan fingerprint density at radius 1 is 0.321 bits per heavy atom. The Morgan fingerprint density at radius 3 is 0.845 bits per heavy atom. The number of rotatable bonds is 74. The van der Waals surface area contributed by atoms with Crippen molar-refractivity contribution in [3.8, 4) is 0 Å². The summed E-state index contributed by atoms with van der Waals surface area (Å²) in [5.41, 5.74) is 0. The molecule has 0 spiro atoms. The number of amides is 1. The van der Waals surface area contributed by atoms with Crippen LogP contribution in [0.4, 0.5) is 0 Å². The van der Waals surface area contributed by atoms with Crippen LogP contribution in [-0.4, -0.2) is 47.4 Å². The lowest BCUT2D eigenvalue weighted by atomic mass is 10.0. The first-order chi connectivity index (χ1) is 41.5. The molecule has 0 aromatic heterocycles. The van der Waals surface area contributed by atoms with Gasteiger partial charge < -0.3 is 20.3 Å². The van der Waals surface area contributed by atoms with E-state index in [1.54, 1.807) is 0 Å². The molecule has 0 aliphatic carbocycles. The minimum atomic E-state index is -0.661. The average molecular weight is 1190 g/mol. The zero-order chi connectivity index (χ0) is 60.6. The zero-order valence-electron chi connectivity index (χ0n) is 57.4. The summed E-state index contributed by atoms with van der Waals surface area (Å²) in [5, 5.41) is 23.4. The van der Waals surface area contributed by atoms with Crippen LogP contribution < -0.4 is 5.32 Å². The lowest BCUT2D eigenvalue weighted by molar-refractivity contribution is -0.143. The van der Waals surface area contributed by atoms with Gasteiger partial charge in [-0.25, -0.2) is 0 Å². The number of esters is 1. The van der Waals surface area contributed by atoms with Crippen molar-refractivity contribution < 1.29 is 24.5 Å². The molecule has 3 N–H and O–H groups in total. The maximum absolute atomic E-state index is 12.5. The summed E-state index contributed by atoms with van der Waals surface area (Å²) < 4.78 is 5.52. The van der Waals surface area contributed by atoms with Gasteiger partial charge in [0, 0.05) is 12.8 Å². The highest BCUT2D eigenvalue weighted by Crippen LogP contribution is 2.20. The van der Waals surface area contributed by atoms with E-state index in [0.717, 1.165) is 38.5 Å². The molecule has 0 rings (SSSR count). The molecule has 0 heterocycles. The second kappa shape index (κ2) is 74.1. The highest BCUT2D eigenvalue weighted by Gasteiger charge is 2.20. The normalized spacial score (nSPS) is 12.5. The molecule has 500 valence electrons. The van der Waals surface area contributed by atoms with E-state index in [9.17, 15) is 19.8 Å². The monoisotopic (exact) mass is 1180 g/mol. The first-order valence-corrected chi connectivity index (χ1v) is 38.9. The predicted molar refractivity (Wildman–Crippen MR) is 370 cm³/mol. The molecule has 6 nitrogen and oxygen atoms in total. The highest BCUT2D eigenvalue weighted by molar-refractivity contribution is 5.76. The van der Waals surface area contributed by atoms with E-state index in [2.05, 4.69) is 31.3 Å². The van der Waals surface area contributed by atoms with Gasteiger partial charge >= 0.3 is 5.97 Å². The van der Waals surface area contributed by atoms with Crippen molar-refractivity contribution in [1.82, 2.24) is 5.32 Å². The third-order valence-electron chi connectivity index (χ3n) is 18.6. The van der Waals surface area contributed by atoms with Crippen LogP contribution in [0.5, 0.6) is 0 Å². The molecule has 1 amide bonds.